The van der Waals surface area contributed by atoms with Crippen LogP contribution in [0.25, 0.3) is 16.9 Å². The number of benzene rings is 2. The van der Waals surface area contributed by atoms with Crippen molar-refractivity contribution in [3.63, 3.8) is 0 Å². The standard InChI is InChI=1S/C24H22N4O2/c1-4-10-27-14-20(23(29)25-18-12-16(2)11-17(3)13-18)22-21(15-27)24(30)28(26-22)19-8-6-5-7-9-19/h4-9,11-15H,1,10H2,2-3H3,(H,25,29). The summed E-state index contributed by atoms with van der Waals surface area (Å²) in [5, 5.41) is 7.43. The molecule has 0 unspecified atom stereocenters. The summed E-state index contributed by atoms with van der Waals surface area (Å²) in [6.45, 7) is 8.18. The highest BCUT2D eigenvalue weighted by Gasteiger charge is 2.24. The van der Waals surface area contributed by atoms with E-state index in [1.54, 1.807) is 35.2 Å². The van der Waals surface area contributed by atoms with Gasteiger partial charge in [0.05, 0.1) is 16.8 Å². The molecule has 0 saturated heterocycles. The SMILES string of the molecule is C=CCn1cc(C(=O)Nc2cc(C)cc(C)c2)c2nn(-c3ccccc3)c(=O)c-2c1. The van der Waals surface area contributed by atoms with E-state index in [1.807, 2.05) is 50.2 Å². The molecule has 1 amide bonds. The molecule has 6 heteroatoms. The van der Waals surface area contributed by atoms with Crippen molar-refractivity contribution in [2.75, 3.05) is 5.32 Å². The number of fused-ring (bicyclic) bond motifs is 1. The van der Waals surface area contributed by atoms with E-state index in [4.69, 9.17) is 0 Å². The molecular weight excluding hydrogens is 376 g/mol. The van der Waals surface area contributed by atoms with Gasteiger partial charge in [-0.1, -0.05) is 30.3 Å². The smallest absolute Gasteiger partial charge is 0.282 e. The summed E-state index contributed by atoms with van der Waals surface area (Å²) in [5.41, 5.74) is 4.28. The maximum Gasteiger partial charge on any atom is 0.282 e. The molecule has 1 N–H and O–H groups in total. The molecule has 2 aromatic rings. The zero-order valence-electron chi connectivity index (χ0n) is 16.9. The van der Waals surface area contributed by atoms with Crippen LogP contribution in [0.3, 0.4) is 0 Å². The number of aromatic nitrogens is 3. The van der Waals surface area contributed by atoms with Gasteiger partial charge in [-0.05, 0) is 49.2 Å². The number of hydrogen-bond acceptors (Lipinski definition) is 3. The van der Waals surface area contributed by atoms with Crippen molar-refractivity contribution in [1.82, 2.24) is 14.3 Å². The Balaban J connectivity index is 1.84. The number of hydrogen-bond donors (Lipinski definition) is 1. The number of allylic oxidation sites excluding steroid dienone is 1. The number of amides is 1. The number of rotatable bonds is 5. The molecule has 0 spiro atoms. The van der Waals surface area contributed by atoms with E-state index in [1.165, 1.54) is 4.68 Å². The monoisotopic (exact) mass is 398 g/mol. The van der Waals surface area contributed by atoms with Crippen LogP contribution in [0.15, 0.2) is 78.4 Å². The van der Waals surface area contributed by atoms with Crippen LogP contribution in [-0.4, -0.2) is 20.3 Å². The predicted molar refractivity (Wildman–Crippen MR) is 119 cm³/mol. The lowest BCUT2D eigenvalue weighted by molar-refractivity contribution is 0.102. The molecule has 0 aromatic heterocycles. The summed E-state index contributed by atoms with van der Waals surface area (Å²) in [6.07, 6.45) is 5.12. The van der Waals surface area contributed by atoms with Gasteiger partial charge in [-0.25, -0.2) is 0 Å². The Morgan fingerprint density at radius 1 is 1.10 bits per heavy atom. The molecule has 0 fully saturated rings. The van der Waals surface area contributed by atoms with Crippen molar-refractivity contribution in [3.8, 4) is 16.9 Å². The van der Waals surface area contributed by atoms with Gasteiger partial charge in [0.25, 0.3) is 11.5 Å². The molecule has 2 heterocycles. The van der Waals surface area contributed by atoms with Crippen LogP contribution < -0.4 is 10.9 Å². The van der Waals surface area contributed by atoms with Crippen molar-refractivity contribution >= 4 is 11.6 Å². The molecule has 150 valence electrons. The average Bonchev–Trinajstić information content (AvgIpc) is 3.04. The molecule has 0 saturated carbocycles. The van der Waals surface area contributed by atoms with E-state index in [0.717, 1.165) is 11.1 Å². The zero-order valence-corrected chi connectivity index (χ0v) is 16.9. The second-order valence-corrected chi connectivity index (χ2v) is 7.30. The summed E-state index contributed by atoms with van der Waals surface area (Å²) < 4.78 is 3.10. The molecule has 0 atom stereocenters. The van der Waals surface area contributed by atoms with E-state index in [2.05, 4.69) is 17.0 Å². The van der Waals surface area contributed by atoms with Gasteiger partial charge in [0.1, 0.15) is 5.69 Å². The number of para-hydroxylation sites is 1. The van der Waals surface area contributed by atoms with Gasteiger partial charge in [-0.15, -0.1) is 6.58 Å². The first-order chi connectivity index (χ1) is 14.5. The van der Waals surface area contributed by atoms with Gasteiger partial charge in [-0.3, -0.25) is 9.59 Å². The van der Waals surface area contributed by atoms with Crippen molar-refractivity contribution in [3.05, 3.63) is 101 Å². The minimum absolute atomic E-state index is 0.268. The second kappa shape index (κ2) is 7.83. The van der Waals surface area contributed by atoms with Crippen molar-refractivity contribution in [1.29, 1.82) is 0 Å². The van der Waals surface area contributed by atoms with Crippen molar-refractivity contribution in [2.24, 2.45) is 0 Å². The Kier molecular flexibility index (Phi) is 5.06. The fourth-order valence-corrected chi connectivity index (χ4v) is 3.57. The van der Waals surface area contributed by atoms with Gasteiger partial charge in [-0.2, -0.15) is 9.78 Å². The average molecular weight is 398 g/mol. The van der Waals surface area contributed by atoms with Gasteiger partial charge < -0.3 is 9.88 Å². The maximum absolute atomic E-state index is 13.2. The minimum Gasteiger partial charge on any atom is -0.349 e. The highest BCUT2D eigenvalue weighted by molar-refractivity contribution is 6.08. The first kappa shape index (κ1) is 19.4. The molecule has 2 aliphatic heterocycles. The number of nitrogens with zero attached hydrogens (tertiary/aromatic N) is 3. The number of nitrogens with one attached hydrogen (secondary N) is 1. The molecule has 0 aliphatic carbocycles. The Hall–Kier alpha value is -3.93. The summed E-state index contributed by atoms with van der Waals surface area (Å²) in [5.74, 6) is -0.318. The normalized spacial score (nSPS) is 10.9. The van der Waals surface area contributed by atoms with E-state index in [9.17, 15) is 9.59 Å². The summed E-state index contributed by atoms with van der Waals surface area (Å²) in [7, 11) is 0. The van der Waals surface area contributed by atoms with Crippen LogP contribution in [0.1, 0.15) is 21.5 Å². The highest BCUT2D eigenvalue weighted by Crippen LogP contribution is 2.24. The molecule has 2 aromatic carbocycles. The Morgan fingerprint density at radius 3 is 2.47 bits per heavy atom. The number of anilines is 1. The zero-order chi connectivity index (χ0) is 21.3. The molecule has 4 rings (SSSR count). The fraction of sp³-hybridized carbons (Fsp3) is 0.125. The van der Waals surface area contributed by atoms with Gasteiger partial charge in [0.2, 0.25) is 0 Å². The molecule has 30 heavy (non-hydrogen) atoms. The molecule has 0 bridgehead atoms. The molecular formula is C24H22N4O2. The molecule has 0 radical (unpaired) electrons. The van der Waals surface area contributed by atoms with Crippen LogP contribution >= 0.6 is 0 Å². The molecule has 6 nitrogen and oxygen atoms in total. The second-order valence-electron chi connectivity index (χ2n) is 7.30. The maximum atomic E-state index is 13.2. The van der Waals surface area contributed by atoms with Crippen LogP contribution in [0.4, 0.5) is 5.69 Å². The van der Waals surface area contributed by atoms with Gasteiger partial charge >= 0.3 is 0 Å². The van der Waals surface area contributed by atoms with E-state index in [0.29, 0.717) is 34.7 Å². The first-order valence-electron chi connectivity index (χ1n) is 9.65. The lowest BCUT2D eigenvalue weighted by Gasteiger charge is -2.12. The highest BCUT2D eigenvalue weighted by atomic mass is 16.2. The Morgan fingerprint density at radius 2 is 1.80 bits per heavy atom. The van der Waals surface area contributed by atoms with Crippen LogP contribution in [-0.2, 0) is 6.54 Å². The lowest BCUT2D eigenvalue weighted by Crippen LogP contribution is -2.17. The van der Waals surface area contributed by atoms with Gasteiger partial charge in [0.15, 0.2) is 0 Å². The fourth-order valence-electron chi connectivity index (χ4n) is 3.57. The summed E-state index contributed by atoms with van der Waals surface area (Å²) in [4.78, 5) is 26.2. The predicted octanol–water partition coefficient (Wildman–Crippen LogP) is 4.19. The molecule has 2 aliphatic rings. The number of pyridine rings is 1. The van der Waals surface area contributed by atoms with E-state index >= 15 is 0 Å². The number of aryl methyl sites for hydroxylation is 2. The Bertz CT molecular complexity index is 1250. The summed E-state index contributed by atoms with van der Waals surface area (Å²) >= 11 is 0. The number of carbonyl (C=O) groups excluding carboxylic acids is 1. The van der Waals surface area contributed by atoms with Crippen LogP contribution in [0.2, 0.25) is 0 Å². The third kappa shape index (κ3) is 3.67. The van der Waals surface area contributed by atoms with Crippen molar-refractivity contribution < 1.29 is 4.79 Å². The van der Waals surface area contributed by atoms with Crippen LogP contribution in [0, 0.1) is 13.8 Å². The largest absolute Gasteiger partial charge is 0.349 e. The van der Waals surface area contributed by atoms with Gasteiger partial charge in [0, 0.05) is 24.6 Å². The minimum atomic E-state index is -0.318. The number of carbonyl (C=O) groups is 1. The third-order valence-corrected chi connectivity index (χ3v) is 4.79. The van der Waals surface area contributed by atoms with E-state index in [-0.39, 0.29) is 11.5 Å². The Labute approximate surface area is 174 Å². The lowest BCUT2D eigenvalue weighted by atomic mass is 10.1. The van der Waals surface area contributed by atoms with Crippen molar-refractivity contribution in [2.45, 2.75) is 20.4 Å². The van der Waals surface area contributed by atoms with Crippen LogP contribution in [0.5, 0.6) is 0 Å². The quantitative estimate of drug-likeness (QED) is 0.513. The topological polar surface area (TPSA) is 68.9 Å². The van der Waals surface area contributed by atoms with E-state index < -0.39 is 0 Å². The third-order valence-electron chi connectivity index (χ3n) is 4.79. The summed E-state index contributed by atoms with van der Waals surface area (Å²) in [6, 6.07) is 15.0. The first-order valence-corrected chi connectivity index (χ1v) is 9.65.